The smallest absolute Gasteiger partial charge is 0.215 e. The van der Waals surface area contributed by atoms with Gasteiger partial charge < -0.3 is 14.2 Å². The van der Waals surface area contributed by atoms with Gasteiger partial charge in [-0.15, -0.1) is 0 Å². The molecule has 110 valence electrons. The largest absolute Gasteiger partial charge is 0.494 e. The lowest BCUT2D eigenvalue weighted by molar-refractivity contribution is -0.156. The zero-order chi connectivity index (χ0) is 14.3. The Morgan fingerprint density at radius 1 is 1.20 bits per heavy atom. The number of hydrogen-bond donors (Lipinski definition) is 0. The Kier molecular flexibility index (Phi) is 5.56. The Hall–Kier alpha value is -1.39. The SMILES string of the molecule is C=NCC1(c2ccc(OCCCCC)cc2)OCCO1. The van der Waals surface area contributed by atoms with Crippen molar-refractivity contribution < 1.29 is 14.2 Å². The van der Waals surface area contributed by atoms with Crippen LogP contribution in [0.5, 0.6) is 5.75 Å². The minimum absolute atomic E-state index is 0.406. The van der Waals surface area contributed by atoms with Gasteiger partial charge in [-0.3, -0.25) is 4.99 Å². The van der Waals surface area contributed by atoms with Crippen molar-refractivity contribution in [3.8, 4) is 5.75 Å². The van der Waals surface area contributed by atoms with E-state index in [2.05, 4.69) is 18.6 Å². The standard InChI is InChI=1S/C16H23NO3/c1-3-4-5-10-18-15-8-6-14(7-9-15)16(13-17-2)19-11-12-20-16/h6-9H,2-5,10-13H2,1H3. The predicted octanol–water partition coefficient (Wildman–Crippen LogP) is 3.16. The van der Waals surface area contributed by atoms with E-state index in [1.54, 1.807) is 0 Å². The molecule has 2 rings (SSSR count). The van der Waals surface area contributed by atoms with Gasteiger partial charge in [0.15, 0.2) is 0 Å². The minimum atomic E-state index is -0.761. The van der Waals surface area contributed by atoms with Gasteiger partial charge in [-0.05, 0) is 37.4 Å². The molecule has 0 atom stereocenters. The number of unbranched alkanes of at least 4 members (excludes halogenated alkanes) is 2. The molecule has 0 aromatic heterocycles. The second-order valence-corrected chi connectivity index (χ2v) is 4.91. The van der Waals surface area contributed by atoms with E-state index in [1.165, 1.54) is 12.8 Å². The highest BCUT2D eigenvalue weighted by molar-refractivity contribution is 5.31. The summed E-state index contributed by atoms with van der Waals surface area (Å²) in [5.74, 6) is 0.118. The zero-order valence-corrected chi connectivity index (χ0v) is 12.1. The van der Waals surface area contributed by atoms with E-state index in [0.29, 0.717) is 19.8 Å². The fourth-order valence-electron chi connectivity index (χ4n) is 2.30. The molecule has 0 radical (unpaired) electrons. The molecule has 4 nitrogen and oxygen atoms in total. The summed E-state index contributed by atoms with van der Waals surface area (Å²) in [6, 6.07) is 7.87. The number of benzene rings is 1. The zero-order valence-electron chi connectivity index (χ0n) is 12.1. The van der Waals surface area contributed by atoms with Gasteiger partial charge in [0.25, 0.3) is 0 Å². The molecule has 1 heterocycles. The van der Waals surface area contributed by atoms with Crippen LogP contribution in [0.25, 0.3) is 0 Å². The lowest BCUT2D eigenvalue weighted by Crippen LogP contribution is -2.30. The van der Waals surface area contributed by atoms with E-state index in [4.69, 9.17) is 14.2 Å². The maximum absolute atomic E-state index is 5.72. The molecule has 1 aromatic carbocycles. The summed E-state index contributed by atoms with van der Waals surface area (Å²) in [4.78, 5) is 3.93. The van der Waals surface area contributed by atoms with Crippen LogP contribution in [0.2, 0.25) is 0 Å². The molecule has 0 N–H and O–H groups in total. The average Bonchev–Trinajstić information content (AvgIpc) is 2.94. The van der Waals surface area contributed by atoms with Crippen LogP contribution < -0.4 is 4.74 Å². The first-order valence-corrected chi connectivity index (χ1v) is 7.24. The van der Waals surface area contributed by atoms with Gasteiger partial charge in [0.05, 0.1) is 26.4 Å². The summed E-state index contributed by atoms with van der Waals surface area (Å²) in [6.07, 6.45) is 3.50. The Balaban J connectivity index is 1.97. The molecule has 0 bridgehead atoms. The Bertz CT molecular complexity index is 410. The maximum atomic E-state index is 5.72. The summed E-state index contributed by atoms with van der Waals surface area (Å²) in [5, 5.41) is 0. The summed E-state index contributed by atoms with van der Waals surface area (Å²) >= 11 is 0. The highest BCUT2D eigenvalue weighted by Crippen LogP contribution is 2.32. The molecule has 1 aliphatic rings. The van der Waals surface area contributed by atoms with Crippen molar-refractivity contribution in [2.75, 3.05) is 26.4 Å². The highest BCUT2D eigenvalue weighted by Gasteiger charge is 2.38. The highest BCUT2D eigenvalue weighted by atomic mass is 16.7. The molecule has 1 fully saturated rings. The van der Waals surface area contributed by atoms with E-state index in [0.717, 1.165) is 24.3 Å². The molecule has 4 heteroatoms. The molecule has 0 unspecified atom stereocenters. The summed E-state index contributed by atoms with van der Waals surface area (Å²) in [5.41, 5.74) is 0.961. The predicted molar refractivity (Wildman–Crippen MR) is 79.5 cm³/mol. The van der Waals surface area contributed by atoms with Crippen LogP contribution >= 0.6 is 0 Å². The number of nitrogens with zero attached hydrogens (tertiary/aromatic N) is 1. The molecule has 1 saturated heterocycles. The van der Waals surface area contributed by atoms with Crippen molar-refractivity contribution in [2.45, 2.75) is 32.0 Å². The molecule has 1 aliphatic heterocycles. The second kappa shape index (κ2) is 7.41. The van der Waals surface area contributed by atoms with Crippen molar-refractivity contribution in [3.05, 3.63) is 29.8 Å². The Morgan fingerprint density at radius 3 is 2.50 bits per heavy atom. The molecule has 0 saturated carbocycles. The van der Waals surface area contributed by atoms with Gasteiger partial charge in [-0.25, -0.2) is 0 Å². The van der Waals surface area contributed by atoms with Gasteiger partial charge >= 0.3 is 0 Å². The van der Waals surface area contributed by atoms with Crippen LogP contribution in [0.1, 0.15) is 31.7 Å². The lowest BCUT2D eigenvalue weighted by atomic mass is 10.1. The van der Waals surface area contributed by atoms with Crippen molar-refractivity contribution in [3.63, 3.8) is 0 Å². The van der Waals surface area contributed by atoms with E-state index in [9.17, 15) is 0 Å². The van der Waals surface area contributed by atoms with E-state index in [-0.39, 0.29) is 0 Å². The number of aliphatic imine (C=N–C) groups is 1. The minimum Gasteiger partial charge on any atom is -0.494 e. The molecule has 0 aliphatic carbocycles. The Morgan fingerprint density at radius 2 is 1.90 bits per heavy atom. The second-order valence-electron chi connectivity index (χ2n) is 4.91. The molecule has 20 heavy (non-hydrogen) atoms. The molecule has 0 spiro atoms. The monoisotopic (exact) mass is 277 g/mol. The van der Waals surface area contributed by atoms with Crippen LogP contribution in [0, 0.1) is 0 Å². The maximum Gasteiger partial charge on any atom is 0.215 e. The average molecular weight is 277 g/mol. The van der Waals surface area contributed by atoms with Crippen LogP contribution in [0.4, 0.5) is 0 Å². The van der Waals surface area contributed by atoms with E-state index < -0.39 is 5.79 Å². The van der Waals surface area contributed by atoms with Crippen molar-refractivity contribution in [1.29, 1.82) is 0 Å². The van der Waals surface area contributed by atoms with Gasteiger partial charge in [-0.2, -0.15) is 0 Å². The van der Waals surface area contributed by atoms with Crippen LogP contribution in [0.3, 0.4) is 0 Å². The van der Waals surface area contributed by atoms with Crippen molar-refractivity contribution in [2.24, 2.45) is 4.99 Å². The van der Waals surface area contributed by atoms with Crippen molar-refractivity contribution in [1.82, 2.24) is 0 Å². The van der Waals surface area contributed by atoms with Crippen LogP contribution in [-0.2, 0) is 15.3 Å². The fraction of sp³-hybridized carbons (Fsp3) is 0.562. The van der Waals surface area contributed by atoms with E-state index in [1.807, 2.05) is 24.3 Å². The van der Waals surface area contributed by atoms with E-state index >= 15 is 0 Å². The van der Waals surface area contributed by atoms with Crippen molar-refractivity contribution >= 4 is 6.72 Å². The number of rotatable bonds is 8. The van der Waals surface area contributed by atoms with Gasteiger partial charge in [-0.1, -0.05) is 19.8 Å². The molecular weight excluding hydrogens is 254 g/mol. The molecule has 1 aromatic rings. The van der Waals surface area contributed by atoms with Crippen LogP contribution in [0.15, 0.2) is 29.3 Å². The first-order valence-electron chi connectivity index (χ1n) is 7.24. The first kappa shape index (κ1) is 15.0. The quantitative estimate of drug-likeness (QED) is 0.541. The normalized spacial score (nSPS) is 17.1. The lowest BCUT2D eigenvalue weighted by Gasteiger charge is -2.25. The third-order valence-electron chi connectivity index (χ3n) is 3.38. The van der Waals surface area contributed by atoms with Gasteiger partial charge in [0.2, 0.25) is 5.79 Å². The fourth-order valence-corrected chi connectivity index (χ4v) is 2.30. The molecule has 0 amide bonds. The van der Waals surface area contributed by atoms with Gasteiger partial charge in [0, 0.05) is 5.56 Å². The summed E-state index contributed by atoms with van der Waals surface area (Å²) in [6.45, 7) is 8.07. The van der Waals surface area contributed by atoms with Gasteiger partial charge in [0.1, 0.15) is 5.75 Å². The third kappa shape index (κ3) is 3.58. The number of hydrogen-bond acceptors (Lipinski definition) is 4. The topological polar surface area (TPSA) is 40.0 Å². The Labute approximate surface area is 120 Å². The molecular formula is C16H23NO3. The van der Waals surface area contributed by atoms with Crippen LogP contribution in [-0.4, -0.2) is 33.1 Å². The summed E-state index contributed by atoms with van der Waals surface area (Å²) in [7, 11) is 0. The third-order valence-corrected chi connectivity index (χ3v) is 3.38. The summed E-state index contributed by atoms with van der Waals surface area (Å²) < 4.78 is 17.1. The number of ether oxygens (including phenoxy) is 3. The first-order chi connectivity index (χ1) is 9.80.